The summed E-state index contributed by atoms with van der Waals surface area (Å²) in [5, 5.41) is 0. The van der Waals surface area contributed by atoms with Crippen molar-refractivity contribution in [1.29, 1.82) is 0 Å². The van der Waals surface area contributed by atoms with Gasteiger partial charge in [0, 0.05) is 38.1 Å². The van der Waals surface area contributed by atoms with Crippen molar-refractivity contribution in [3.8, 4) is 0 Å². The molecule has 0 unspecified atom stereocenters. The molecule has 5 nitrogen and oxygen atoms in total. The Morgan fingerprint density at radius 1 is 1.38 bits per heavy atom. The van der Waals surface area contributed by atoms with Crippen LogP contribution in [-0.2, 0) is 6.54 Å². The van der Waals surface area contributed by atoms with E-state index in [4.69, 9.17) is 5.73 Å². The van der Waals surface area contributed by atoms with Crippen LogP contribution in [0.15, 0.2) is 24.5 Å². The van der Waals surface area contributed by atoms with Gasteiger partial charge in [-0.05, 0) is 49.4 Å². The zero-order valence-corrected chi connectivity index (χ0v) is 12.6. The number of nitrogens with zero attached hydrogens (tertiary/aromatic N) is 3. The van der Waals surface area contributed by atoms with E-state index in [1.807, 2.05) is 17.3 Å². The third-order valence-corrected chi connectivity index (χ3v) is 5.12. The number of rotatable bonds is 3. The minimum Gasteiger partial charge on any atom is -0.351 e. The average Bonchev–Trinajstić information content (AvgIpc) is 2.92. The van der Waals surface area contributed by atoms with Crippen LogP contribution in [0.5, 0.6) is 0 Å². The smallest absolute Gasteiger partial charge is 0.314 e. The Kier molecular flexibility index (Phi) is 4.10. The van der Waals surface area contributed by atoms with Crippen molar-refractivity contribution in [2.75, 3.05) is 20.1 Å². The fraction of sp³-hybridized carbons (Fsp3) is 0.625. The van der Waals surface area contributed by atoms with Gasteiger partial charge in [0.05, 0.1) is 0 Å². The van der Waals surface area contributed by atoms with Gasteiger partial charge in [0.1, 0.15) is 0 Å². The van der Waals surface area contributed by atoms with E-state index >= 15 is 0 Å². The van der Waals surface area contributed by atoms with Gasteiger partial charge in [-0.2, -0.15) is 0 Å². The summed E-state index contributed by atoms with van der Waals surface area (Å²) in [5.41, 5.74) is 6.75. The van der Waals surface area contributed by atoms with Gasteiger partial charge in [0.2, 0.25) is 0 Å². The number of nitrogens with two attached hydrogens (primary N) is 1. The molecule has 1 aliphatic heterocycles. The lowest BCUT2D eigenvalue weighted by atomic mass is 9.77. The SMILES string of the molecule is CN(Cc1ccncc1)[C@@H]1CCC[C@@H]2CN(C(N)=O)C[C@@H]21. The van der Waals surface area contributed by atoms with Gasteiger partial charge in [-0.3, -0.25) is 9.88 Å². The molecule has 2 fully saturated rings. The number of aromatic nitrogens is 1. The Hall–Kier alpha value is -1.62. The van der Waals surface area contributed by atoms with E-state index < -0.39 is 0 Å². The predicted molar refractivity (Wildman–Crippen MR) is 81.5 cm³/mol. The Bertz CT molecular complexity index is 492. The molecule has 1 aromatic rings. The highest BCUT2D eigenvalue weighted by Crippen LogP contribution is 2.38. The molecule has 0 spiro atoms. The van der Waals surface area contributed by atoms with Crippen molar-refractivity contribution in [2.24, 2.45) is 17.6 Å². The van der Waals surface area contributed by atoms with Gasteiger partial charge >= 0.3 is 6.03 Å². The molecule has 1 saturated carbocycles. The van der Waals surface area contributed by atoms with Gasteiger partial charge in [-0.1, -0.05) is 6.42 Å². The Balaban J connectivity index is 1.68. The number of pyridine rings is 1. The van der Waals surface area contributed by atoms with Crippen LogP contribution < -0.4 is 5.73 Å². The topological polar surface area (TPSA) is 62.5 Å². The van der Waals surface area contributed by atoms with Crippen LogP contribution in [0.4, 0.5) is 4.79 Å². The molecule has 1 saturated heterocycles. The molecule has 1 aromatic heterocycles. The third kappa shape index (κ3) is 3.02. The zero-order chi connectivity index (χ0) is 14.8. The van der Waals surface area contributed by atoms with Crippen molar-refractivity contribution in [3.63, 3.8) is 0 Å². The number of urea groups is 1. The Morgan fingerprint density at radius 2 is 2.14 bits per heavy atom. The van der Waals surface area contributed by atoms with Crippen LogP contribution in [0, 0.1) is 11.8 Å². The predicted octanol–water partition coefficient (Wildman–Crippen LogP) is 1.69. The second-order valence-corrected chi connectivity index (χ2v) is 6.44. The number of carbonyl (C=O) groups is 1. The fourth-order valence-electron chi connectivity index (χ4n) is 4.06. The van der Waals surface area contributed by atoms with E-state index in [9.17, 15) is 4.79 Å². The van der Waals surface area contributed by atoms with Crippen LogP contribution >= 0.6 is 0 Å². The van der Waals surface area contributed by atoms with Gasteiger partial charge in [0.15, 0.2) is 0 Å². The molecule has 0 bridgehead atoms. The highest BCUT2D eigenvalue weighted by Gasteiger charge is 2.42. The first-order valence-corrected chi connectivity index (χ1v) is 7.78. The lowest BCUT2D eigenvalue weighted by Gasteiger charge is -2.39. The number of likely N-dealkylation sites (tertiary alicyclic amines) is 1. The number of fused-ring (bicyclic) bond motifs is 1. The zero-order valence-electron chi connectivity index (χ0n) is 12.6. The molecule has 3 atom stereocenters. The maximum atomic E-state index is 11.4. The molecule has 2 aliphatic rings. The highest BCUT2D eigenvalue weighted by molar-refractivity contribution is 5.72. The summed E-state index contributed by atoms with van der Waals surface area (Å²) in [6, 6.07) is 4.42. The van der Waals surface area contributed by atoms with Crippen LogP contribution in [-0.4, -0.2) is 47.0 Å². The number of hydrogen-bond donors (Lipinski definition) is 1. The molecular formula is C16H24N4O. The van der Waals surface area contributed by atoms with E-state index in [1.54, 1.807) is 0 Å². The molecule has 5 heteroatoms. The molecule has 1 aliphatic carbocycles. The Morgan fingerprint density at radius 3 is 2.86 bits per heavy atom. The second-order valence-electron chi connectivity index (χ2n) is 6.44. The summed E-state index contributed by atoms with van der Waals surface area (Å²) >= 11 is 0. The number of amides is 2. The van der Waals surface area contributed by atoms with Crippen molar-refractivity contribution < 1.29 is 4.79 Å². The van der Waals surface area contributed by atoms with Crippen LogP contribution in [0.2, 0.25) is 0 Å². The first-order chi connectivity index (χ1) is 10.1. The summed E-state index contributed by atoms with van der Waals surface area (Å²) in [6.07, 6.45) is 7.39. The number of hydrogen-bond acceptors (Lipinski definition) is 3. The summed E-state index contributed by atoms with van der Waals surface area (Å²) in [5.74, 6) is 1.19. The van der Waals surface area contributed by atoms with E-state index in [-0.39, 0.29) is 6.03 Å². The molecule has 2 N–H and O–H groups in total. The monoisotopic (exact) mass is 288 g/mol. The highest BCUT2D eigenvalue weighted by atomic mass is 16.2. The summed E-state index contributed by atoms with van der Waals surface area (Å²) in [6.45, 7) is 2.61. The van der Waals surface area contributed by atoms with Crippen LogP contribution in [0.3, 0.4) is 0 Å². The van der Waals surface area contributed by atoms with Gasteiger partial charge in [-0.15, -0.1) is 0 Å². The molecule has 114 valence electrons. The first kappa shape index (κ1) is 14.3. The van der Waals surface area contributed by atoms with Crippen molar-refractivity contribution in [3.05, 3.63) is 30.1 Å². The Labute approximate surface area is 126 Å². The van der Waals surface area contributed by atoms with Crippen molar-refractivity contribution in [1.82, 2.24) is 14.8 Å². The van der Waals surface area contributed by atoms with E-state index in [2.05, 4.69) is 29.1 Å². The van der Waals surface area contributed by atoms with Crippen molar-refractivity contribution >= 4 is 6.03 Å². The maximum Gasteiger partial charge on any atom is 0.314 e. The summed E-state index contributed by atoms with van der Waals surface area (Å²) in [4.78, 5) is 19.8. The maximum absolute atomic E-state index is 11.4. The summed E-state index contributed by atoms with van der Waals surface area (Å²) < 4.78 is 0. The van der Waals surface area contributed by atoms with Crippen molar-refractivity contribution in [2.45, 2.75) is 31.8 Å². The third-order valence-electron chi connectivity index (χ3n) is 5.12. The molecule has 2 heterocycles. The molecule has 3 rings (SSSR count). The van der Waals surface area contributed by atoms with E-state index in [0.717, 1.165) is 19.6 Å². The molecule has 0 aromatic carbocycles. The van der Waals surface area contributed by atoms with Gasteiger partial charge < -0.3 is 10.6 Å². The lowest BCUT2D eigenvalue weighted by Crippen LogP contribution is -2.43. The summed E-state index contributed by atoms with van der Waals surface area (Å²) in [7, 11) is 2.19. The normalized spacial score (nSPS) is 28.7. The number of primary amides is 1. The minimum absolute atomic E-state index is 0.264. The van der Waals surface area contributed by atoms with E-state index in [0.29, 0.717) is 17.9 Å². The molecular weight excluding hydrogens is 264 g/mol. The van der Waals surface area contributed by atoms with Crippen LogP contribution in [0.25, 0.3) is 0 Å². The lowest BCUT2D eigenvalue weighted by molar-refractivity contribution is 0.105. The van der Waals surface area contributed by atoms with Crippen LogP contribution in [0.1, 0.15) is 24.8 Å². The molecule has 21 heavy (non-hydrogen) atoms. The minimum atomic E-state index is -0.264. The fourth-order valence-corrected chi connectivity index (χ4v) is 4.06. The molecule has 2 amide bonds. The second kappa shape index (κ2) is 6.02. The average molecular weight is 288 g/mol. The van der Waals surface area contributed by atoms with Gasteiger partial charge in [-0.25, -0.2) is 4.79 Å². The largest absolute Gasteiger partial charge is 0.351 e. The van der Waals surface area contributed by atoms with E-state index in [1.165, 1.54) is 24.8 Å². The quantitative estimate of drug-likeness (QED) is 0.920. The van der Waals surface area contributed by atoms with Gasteiger partial charge in [0.25, 0.3) is 0 Å². The first-order valence-electron chi connectivity index (χ1n) is 7.78. The molecule has 0 radical (unpaired) electrons. The standard InChI is InChI=1S/C16H24N4O/c1-19(9-12-5-7-18-8-6-12)15-4-2-3-13-10-20(16(17)21)11-14(13)15/h5-8,13-15H,2-4,9-11H2,1H3,(H2,17,21)/t13-,14+,15-/m1/s1. The number of carbonyl (C=O) groups excluding carboxylic acids is 1.